The predicted octanol–water partition coefficient (Wildman–Crippen LogP) is 2.67. The largest absolute Gasteiger partial charge is 0.492 e. The molecule has 134 valence electrons. The highest BCUT2D eigenvalue weighted by atomic mass is 16.6. The van der Waals surface area contributed by atoms with Gasteiger partial charge in [0.15, 0.2) is 0 Å². The summed E-state index contributed by atoms with van der Waals surface area (Å²) in [6.45, 7) is 4.37. The molecule has 0 atom stereocenters. The molecule has 7 heteroatoms. The minimum Gasteiger partial charge on any atom is -0.492 e. The Bertz CT molecular complexity index is 796. The van der Waals surface area contributed by atoms with E-state index in [2.05, 4.69) is 4.90 Å². The Labute approximate surface area is 152 Å². The Kier molecular flexibility index (Phi) is 5.66. The smallest absolute Gasteiger partial charge is 0.292 e. The second-order valence-electron chi connectivity index (χ2n) is 6.06. The minimum absolute atomic E-state index is 0.0462. The number of nitrogens with zero attached hydrogens (tertiary/aromatic N) is 4. The highest BCUT2D eigenvalue weighted by molar-refractivity contribution is 5.66. The first-order chi connectivity index (χ1) is 12.7. The van der Waals surface area contributed by atoms with Gasteiger partial charge in [0.2, 0.25) is 0 Å². The van der Waals surface area contributed by atoms with E-state index in [1.54, 1.807) is 6.07 Å². The van der Waals surface area contributed by atoms with Crippen LogP contribution in [0.15, 0.2) is 48.5 Å². The molecular formula is C19H20N4O3. The number of anilines is 1. The van der Waals surface area contributed by atoms with Gasteiger partial charge in [-0.15, -0.1) is 0 Å². The molecule has 0 N–H and O–H groups in total. The third kappa shape index (κ3) is 4.29. The van der Waals surface area contributed by atoms with Crippen molar-refractivity contribution in [1.82, 2.24) is 4.90 Å². The van der Waals surface area contributed by atoms with Crippen molar-refractivity contribution < 1.29 is 9.66 Å². The number of ether oxygens (including phenoxy) is 1. The van der Waals surface area contributed by atoms with E-state index in [1.165, 1.54) is 12.1 Å². The lowest BCUT2D eigenvalue weighted by atomic mass is 10.1. The molecule has 2 aromatic carbocycles. The Morgan fingerprint density at radius 2 is 1.85 bits per heavy atom. The van der Waals surface area contributed by atoms with Crippen molar-refractivity contribution in [3.63, 3.8) is 0 Å². The molecule has 3 rings (SSSR count). The van der Waals surface area contributed by atoms with Crippen molar-refractivity contribution in [2.24, 2.45) is 0 Å². The third-order valence-corrected chi connectivity index (χ3v) is 4.43. The van der Waals surface area contributed by atoms with Crippen molar-refractivity contribution in [2.75, 3.05) is 44.2 Å². The van der Waals surface area contributed by atoms with Gasteiger partial charge in [0.1, 0.15) is 18.0 Å². The zero-order chi connectivity index (χ0) is 18.4. The van der Waals surface area contributed by atoms with Crippen LogP contribution in [0.1, 0.15) is 5.56 Å². The average Bonchev–Trinajstić information content (AvgIpc) is 2.69. The fourth-order valence-electron chi connectivity index (χ4n) is 3.02. The fourth-order valence-corrected chi connectivity index (χ4v) is 3.02. The summed E-state index contributed by atoms with van der Waals surface area (Å²) >= 11 is 0. The highest BCUT2D eigenvalue weighted by Crippen LogP contribution is 2.29. The van der Waals surface area contributed by atoms with Crippen LogP contribution in [-0.4, -0.2) is 49.2 Å². The van der Waals surface area contributed by atoms with Crippen molar-refractivity contribution >= 4 is 11.4 Å². The summed E-state index contributed by atoms with van der Waals surface area (Å²) < 4.78 is 5.72. The van der Waals surface area contributed by atoms with E-state index in [0.29, 0.717) is 30.9 Å². The number of nitro benzene ring substituents is 1. The minimum atomic E-state index is -0.392. The number of nitro groups is 1. The maximum atomic E-state index is 11.3. The Morgan fingerprint density at radius 1 is 1.12 bits per heavy atom. The first-order valence-corrected chi connectivity index (χ1v) is 8.51. The number of hydrogen-bond acceptors (Lipinski definition) is 6. The zero-order valence-corrected chi connectivity index (χ0v) is 14.4. The molecule has 0 amide bonds. The molecule has 0 bridgehead atoms. The lowest BCUT2D eigenvalue weighted by Crippen LogP contribution is -2.47. The summed E-state index contributed by atoms with van der Waals surface area (Å²) in [5, 5.41) is 20.3. The number of nitriles is 1. The van der Waals surface area contributed by atoms with Crippen LogP contribution in [0, 0.1) is 21.4 Å². The van der Waals surface area contributed by atoms with Gasteiger partial charge in [0.25, 0.3) is 5.69 Å². The van der Waals surface area contributed by atoms with Crippen LogP contribution in [0.3, 0.4) is 0 Å². The Balaban J connectivity index is 1.55. The molecule has 2 aromatic rings. The topological polar surface area (TPSA) is 82.6 Å². The average molecular weight is 352 g/mol. The predicted molar refractivity (Wildman–Crippen MR) is 98.4 cm³/mol. The number of para-hydroxylation sites is 1. The zero-order valence-electron chi connectivity index (χ0n) is 14.4. The van der Waals surface area contributed by atoms with Crippen LogP contribution in [0.2, 0.25) is 0 Å². The van der Waals surface area contributed by atoms with Gasteiger partial charge < -0.3 is 9.64 Å². The number of piperazine rings is 1. The number of benzene rings is 2. The number of rotatable bonds is 6. The van der Waals surface area contributed by atoms with Gasteiger partial charge in [-0.2, -0.15) is 5.26 Å². The normalized spacial score (nSPS) is 14.7. The highest BCUT2D eigenvalue weighted by Gasteiger charge is 2.24. The molecule has 1 aliphatic rings. The van der Waals surface area contributed by atoms with Crippen molar-refractivity contribution in [3.8, 4) is 11.8 Å². The quantitative estimate of drug-likeness (QED) is 0.587. The second kappa shape index (κ2) is 8.32. The fraction of sp³-hybridized carbons (Fsp3) is 0.316. The molecule has 1 saturated heterocycles. The monoisotopic (exact) mass is 352 g/mol. The molecule has 1 heterocycles. The molecular weight excluding hydrogens is 332 g/mol. The summed E-state index contributed by atoms with van der Waals surface area (Å²) in [6.07, 6.45) is 0. The Hall–Kier alpha value is -3.11. The van der Waals surface area contributed by atoms with Crippen molar-refractivity contribution in [3.05, 3.63) is 64.2 Å². The summed E-state index contributed by atoms with van der Waals surface area (Å²) in [5.74, 6) is 0.857. The SMILES string of the molecule is N#Cc1ccc([N+](=O)[O-])c(N2CCN(CCOc3ccccc3)CC2)c1. The van der Waals surface area contributed by atoms with E-state index >= 15 is 0 Å². The molecule has 7 nitrogen and oxygen atoms in total. The van der Waals surface area contributed by atoms with Gasteiger partial charge in [-0.25, -0.2) is 0 Å². The molecule has 0 spiro atoms. The first kappa shape index (κ1) is 17.7. The lowest BCUT2D eigenvalue weighted by Gasteiger charge is -2.35. The maximum Gasteiger partial charge on any atom is 0.292 e. The van der Waals surface area contributed by atoms with Gasteiger partial charge in [-0.3, -0.25) is 15.0 Å². The van der Waals surface area contributed by atoms with Gasteiger partial charge in [-0.1, -0.05) is 18.2 Å². The number of hydrogen-bond donors (Lipinski definition) is 0. The molecule has 0 aliphatic carbocycles. The van der Waals surface area contributed by atoms with Crippen LogP contribution in [-0.2, 0) is 0 Å². The van der Waals surface area contributed by atoms with E-state index in [4.69, 9.17) is 10.00 Å². The van der Waals surface area contributed by atoms with Gasteiger partial charge in [0, 0.05) is 38.8 Å². The van der Waals surface area contributed by atoms with Gasteiger partial charge >= 0.3 is 0 Å². The summed E-state index contributed by atoms with van der Waals surface area (Å²) in [5.41, 5.74) is 1.00. The first-order valence-electron chi connectivity index (χ1n) is 8.51. The van der Waals surface area contributed by atoms with Crippen LogP contribution in [0.25, 0.3) is 0 Å². The molecule has 0 aromatic heterocycles. The van der Waals surface area contributed by atoms with E-state index < -0.39 is 4.92 Å². The maximum absolute atomic E-state index is 11.3. The van der Waals surface area contributed by atoms with Crippen LogP contribution >= 0.6 is 0 Å². The van der Waals surface area contributed by atoms with Crippen LogP contribution in [0.4, 0.5) is 11.4 Å². The molecule has 1 aliphatic heterocycles. The third-order valence-electron chi connectivity index (χ3n) is 4.43. The molecule has 0 saturated carbocycles. The molecule has 26 heavy (non-hydrogen) atoms. The van der Waals surface area contributed by atoms with Crippen molar-refractivity contribution in [2.45, 2.75) is 0 Å². The van der Waals surface area contributed by atoms with E-state index in [9.17, 15) is 10.1 Å². The van der Waals surface area contributed by atoms with Gasteiger partial charge in [-0.05, 0) is 24.3 Å². The van der Waals surface area contributed by atoms with Crippen LogP contribution < -0.4 is 9.64 Å². The van der Waals surface area contributed by atoms with Crippen LogP contribution in [0.5, 0.6) is 5.75 Å². The van der Waals surface area contributed by atoms with E-state index in [-0.39, 0.29) is 5.69 Å². The standard InChI is InChI=1S/C19H20N4O3/c20-15-16-6-7-18(23(24)25)19(14-16)22-10-8-21(9-11-22)12-13-26-17-4-2-1-3-5-17/h1-7,14H,8-13H2. The molecule has 0 unspecified atom stereocenters. The summed E-state index contributed by atoms with van der Waals surface area (Å²) in [6, 6.07) is 16.2. The second-order valence-corrected chi connectivity index (χ2v) is 6.06. The van der Waals surface area contributed by atoms with Crippen molar-refractivity contribution in [1.29, 1.82) is 5.26 Å². The Morgan fingerprint density at radius 3 is 2.50 bits per heavy atom. The van der Waals surface area contributed by atoms with Gasteiger partial charge in [0.05, 0.1) is 16.6 Å². The summed E-state index contributed by atoms with van der Waals surface area (Å²) in [7, 11) is 0. The van der Waals surface area contributed by atoms with E-state index in [1.807, 2.05) is 41.3 Å². The lowest BCUT2D eigenvalue weighted by molar-refractivity contribution is -0.384. The molecule has 0 radical (unpaired) electrons. The van der Waals surface area contributed by atoms with E-state index in [0.717, 1.165) is 25.4 Å². The summed E-state index contributed by atoms with van der Waals surface area (Å²) in [4.78, 5) is 15.1. The molecule has 1 fully saturated rings.